The van der Waals surface area contributed by atoms with Crippen molar-refractivity contribution < 1.29 is 22.8 Å². The maximum absolute atomic E-state index is 13.2. The quantitative estimate of drug-likeness (QED) is 0.814. The van der Waals surface area contributed by atoms with Crippen LogP contribution in [0.5, 0.6) is 0 Å². The average molecular weight is 382 g/mol. The number of amides is 3. The molecule has 1 saturated carbocycles. The number of urea groups is 1. The first-order valence-electron chi connectivity index (χ1n) is 9.23. The van der Waals surface area contributed by atoms with E-state index in [1.54, 1.807) is 4.90 Å². The Morgan fingerprint density at radius 2 is 1.89 bits per heavy atom. The molecule has 3 aliphatic rings. The van der Waals surface area contributed by atoms with Crippen LogP contribution >= 0.6 is 0 Å². The molecular formula is C18H21F3N4O2. The van der Waals surface area contributed by atoms with Crippen LogP contribution in [0.15, 0.2) is 18.3 Å². The zero-order chi connectivity index (χ0) is 19.2. The van der Waals surface area contributed by atoms with Crippen molar-refractivity contribution in [2.45, 2.75) is 43.8 Å². The second-order valence-electron chi connectivity index (χ2n) is 7.49. The number of aromatic nitrogens is 1. The van der Waals surface area contributed by atoms with E-state index in [0.717, 1.165) is 42.5 Å². The molecule has 146 valence electrons. The summed E-state index contributed by atoms with van der Waals surface area (Å²) in [5.41, 5.74) is -1.86. The summed E-state index contributed by atoms with van der Waals surface area (Å²) in [4.78, 5) is 32.4. The molecule has 0 bridgehead atoms. The number of alkyl halides is 3. The highest BCUT2D eigenvalue weighted by Gasteiger charge is 2.57. The van der Waals surface area contributed by atoms with Crippen LogP contribution in [0.4, 0.5) is 23.7 Å². The van der Waals surface area contributed by atoms with Gasteiger partial charge in [-0.15, -0.1) is 0 Å². The summed E-state index contributed by atoms with van der Waals surface area (Å²) in [6, 6.07) is 1.49. The van der Waals surface area contributed by atoms with E-state index in [9.17, 15) is 22.8 Å². The fourth-order valence-electron chi connectivity index (χ4n) is 3.98. The van der Waals surface area contributed by atoms with Crippen molar-refractivity contribution in [3.8, 4) is 0 Å². The minimum atomic E-state index is -4.57. The van der Waals surface area contributed by atoms with Crippen LogP contribution < -0.4 is 10.2 Å². The molecule has 3 heterocycles. The number of carbonyl (C=O) groups excluding carboxylic acids is 2. The van der Waals surface area contributed by atoms with Gasteiger partial charge >= 0.3 is 12.2 Å². The summed E-state index contributed by atoms with van der Waals surface area (Å²) in [7, 11) is 0. The van der Waals surface area contributed by atoms with E-state index in [-0.39, 0.29) is 11.6 Å². The summed E-state index contributed by atoms with van der Waals surface area (Å²) >= 11 is 0. The number of rotatable bonds is 4. The van der Waals surface area contributed by atoms with Gasteiger partial charge in [-0.2, -0.15) is 13.2 Å². The predicted octanol–water partition coefficient (Wildman–Crippen LogP) is 2.79. The van der Waals surface area contributed by atoms with Gasteiger partial charge in [0.2, 0.25) is 0 Å². The first-order valence-corrected chi connectivity index (χ1v) is 9.23. The van der Waals surface area contributed by atoms with E-state index in [1.165, 1.54) is 0 Å². The van der Waals surface area contributed by atoms with Crippen LogP contribution in [0.3, 0.4) is 0 Å². The number of imide groups is 1. The first kappa shape index (κ1) is 18.2. The average Bonchev–Trinajstić information content (AvgIpc) is 3.44. The summed E-state index contributed by atoms with van der Waals surface area (Å²) in [6.45, 7) is 1.75. The highest BCUT2D eigenvalue weighted by Crippen LogP contribution is 2.40. The molecule has 2 saturated heterocycles. The molecule has 1 N–H and O–H groups in total. The minimum Gasteiger partial charge on any atom is -0.317 e. The van der Waals surface area contributed by atoms with Crippen LogP contribution in [0.2, 0.25) is 0 Å². The van der Waals surface area contributed by atoms with Crippen molar-refractivity contribution in [3.63, 3.8) is 0 Å². The van der Waals surface area contributed by atoms with E-state index < -0.39 is 23.4 Å². The van der Waals surface area contributed by atoms with Crippen LogP contribution in [0.1, 0.15) is 37.8 Å². The molecule has 1 aromatic heterocycles. The molecule has 0 aromatic carbocycles. The summed E-state index contributed by atoms with van der Waals surface area (Å²) in [6.07, 6.45) is 0.558. The molecule has 9 heteroatoms. The minimum absolute atomic E-state index is 0.0878. The van der Waals surface area contributed by atoms with Gasteiger partial charge in [-0.1, -0.05) is 12.8 Å². The Morgan fingerprint density at radius 1 is 1.19 bits per heavy atom. The lowest BCUT2D eigenvalue weighted by Crippen LogP contribution is -2.56. The molecule has 27 heavy (non-hydrogen) atoms. The summed E-state index contributed by atoms with van der Waals surface area (Å²) < 4.78 is 38.3. The van der Waals surface area contributed by atoms with Gasteiger partial charge in [-0.3, -0.25) is 4.79 Å². The second-order valence-corrected chi connectivity index (χ2v) is 7.49. The Morgan fingerprint density at radius 3 is 2.44 bits per heavy atom. The van der Waals surface area contributed by atoms with Gasteiger partial charge < -0.3 is 10.2 Å². The topological polar surface area (TPSA) is 65.5 Å². The molecular weight excluding hydrogens is 361 g/mol. The molecule has 0 atom stereocenters. The smallest absolute Gasteiger partial charge is 0.317 e. The van der Waals surface area contributed by atoms with Gasteiger partial charge in [0.1, 0.15) is 11.2 Å². The number of nitrogens with one attached hydrogen (secondary N) is 1. The number of halogens is 3. The predicted molar refractivity (Wildman–Crippen MR) is 91.0 cm³/mol. The molecule has 0 unspecified atom stereocenters. The lowest BCUT2D eigenvalue weighted by molar-refractivity contribution is -0.141. The van der Waals surface area contributed by atoms with E-state index in [1.807, 2.05) is 0 Å². The van der Waals surface area contributed by atoms with E-state index in [2.05, 4.69) is 10.3 Å². The normalized spacial score (nSPS) is 22.8. The van der Waals surface area contributed by atoms with Crippen molar-refractivity contribution in [2.75, 3.05) is 24.5 Å². The third-order valence-corrected chi connectivity index (χ3v) is 5.73. The Labute approximate surface area is 154 Å². The number of carbonyl (C=O) groups is 2. The van der Waals surface area contributed by atoms with Gasteiger partial charge in [-0.25, -0.2) is 14.7 Å². The fraction of sp³-hybridized carbons (Fsp3) is 0.611. The molecule has 6 nitrogen and oxygen atoms in total. The molecule has 3 amide bonds. The first-order chi connectivity index (χ1) is 12.8. The standard InChI is InChI=1S/C18H21F3N4O2/c19-18(20,21)14-4-3-13(11-23-14)25-15(26)17(6-8-22-9-7-17)24(16(25)27)10-5-12-1-2-12/h3-4,11-12,22H,1-2,5-10H2. The van der Waals surface area contributed by atoms with Gasteiger partial charge in [0.25, 0.3) is 5.91 Å². The summed E-state index contributed by atoms with van der Waals surface area (Å²) in [5, 5.41) is 3.20. The maximum atomic E-state index is 13.2. The third kappa shape index (κ3) is 3.18. The molecule has 1 spiro atoms. The van der Waals surface area contributed by atoms with E-state index in [0.29, 0.717) is 38.4 Å². The van der Waals surface area contributed by atoms with Crippen molar-refractivity contribution in [1.82, 2.24) is 15.2 Å². The van der Waals surface area contributed by atoms with Gasteiger partial charge in [0, 0.05) is 6.54 Å². The molecule has 1 aromatic rings. The zero-order valence-corrected chi connectivity index (χ0v) is 14.8. The number of nitrogens with zero attached hydrogens (tertiary/aromatic N) is 3. The molecule has 4 rings (SSSR count). The Hall–Kier alpha value is -2.16. The summed E-state index contributed by atoms with van der Waals surface area (Å²) in [5.74, 6) is 0.250. The highest BCUT2D eigenvalue weighted by molar-refractivity contribution is 6.23. The molecule has 1 aliphatic carbocycles. The van der Waals surface area contributed by atoms with Crippen LogP contribution in [-0.2, 0) is 11.0 Å². The molecule has 0 radical (unpaired) electrons. The lowest BCUT2D eigenvalue weighted by atomic mass is 9.86. The monoisotopic (exact) mass is 382 g/mol. The Balaban J connectivity index is 1.64. The number of piperidine rings is 1. The van der Waals surface area contributed by atoms with Crippen LogP contribution in [0, 0.1) is 5.92 Å². The van der Waals surface area contributed by atoms with Crippen molar-refractivity contribution in [2.24, 2.45) is 5.92 Å². The molecule has 2 aliphatic heterocycles. The van der Waals surface area contributed by atoms with Gasteiger partial charge in [0.05, 0.1) is 11.9 Å². The zero-order valence-electron chi connectivity index (χ0n) is 14.8. The highest BCUT2D eigenvalue weighted by atomic mass is 19.4. The number of anilines is 1. The van der Waals surface area contributed by atoms with Crippen molar-refractivity contribution in [3.05, 3.63) is 24.0 Å². The van der Waals surface area contributed by atoms with Crippen LogP contribution in [-0.4, -0.2) is 47.0 Å². The van der Waals surface area contributed by atoms with Crippen molar-refractivity contribution >= 4 is 17.6 Å². The SMILES string of the molecule is O=C1N(c2ccc(C(F)(F)F)nc2)C(=O)C2(CCNCC2)N1CCC1CC1. The number of hydrogen-bond acceptors (Lipinski definition) is 4. The lowest BCUT2D eigenvalue weighted by Gasteiger charge is -2.38. The third-order valence-electron chi connectivity index (χ3n) is 5.73. The Bertz CT molecular complexity index is 740. The maximum Gasteiger partial charge on any atom is 0.433 e. The number of hydrogen-bond donors (Lipinski definition) is 1. The van der Waals surface area contributed by atoms with Crippen molar-refractivity contribution in [1.29, 1.82) is 0 Å². The van der Waals surface area contributed by atoms with Crippen LogP contribution in [0.25, 0.3) is 0 Å². The van der Waals surface area contributed by atoms with Gasteiger partial charge in [0.15, 0.2) is 0 Å². The second kappa shape index (κ2) is 6.47. The van der Waals surface area contributed by atoms with E-state index in [4.69, 9.17) is 0 Å². The van der Waals surface area contributed by atoms with E-state index >= 15 is 0 Å². The largest absolute Gasteiger partial charge is 0.433 e. The Kier molecular flexibility index (Phi) is 4.37. The fourth-order valence-corrected chi connectivity index (χ4v) is 3.98. The number of pyridine rings is 1. The van der Waals surface area contributed by atoms with Gasteiger partial charge in [-0.05, 0) is 50.4 Å². The molecule has 3 fully saturated rings.